The van der Waals surface area contributed by atoms with E-state index >= 15 is 0 Å². The number of allylic oxidation sites excluding steroid dienone is 7. The monoisotopic (exact) mass is 471 g/mol. The molecule has 1 aliphatic rings. The van der Waals surface area contributed by atoms with Crippen molar-refractivity contribution in [2.45, 2.75) is 33.2 Å². The summed E-state index contributed by atoms with van der Waals surface area (Å²) in [5, 5.41) is 6.15. The standard InChI is InChI=1S/C28H33N5O2/c1-3-4-9-25(22-11-15-31-16-12-22)27-24(13-17-35-27)20(2)32-19-21-7-5-8-23(18-21)28(34)33-26(30)10-6-14-29/h4-12,14-16,18,32H,3,13,17,19,29-30H2,1-2H3,(H,33,34)/b9-4+,14-6-,24-20+,26-10+,27-25-. The van der Waals surface area contributed by atoms with Crippen molar-refractivity contribution in [3.8, 4) is 0 Å². The lowest BCUT2D eigenvalue weighted by Crippen LogP contribution is -2.27. The van der Waals surface area contributed by atoms with Crippen LogP contribution >= 0.6 is 0 Å². The number of hydrogen-bond donors (Lipinski definition) is 4. The molecular weight excluding hydrogens is 438 g/mol. The maximum absolute atomic E-state index is 12.5. The summed E-state index contributed by atoms with van der Waals surface area (Å²) in [6, 6.07) is 11.4. The Hall–Kier alpha value is -4.26. The second-order valence-corrected chi connectivity index (χ2v) is 8.01. The molecule has 7 nitrogen and oxygen atoms in total. The Morgan fingerprint density at radius 1 is 1.20 bits per heavy atom. The molecule has 7 heteroatoms. The summed E-state index contributed by atoms with van der Waals surface area (Å²) in [4.78, 5) is 16.6. The molecule has 0 spiro atoms. The lowest BCUT2D eigenvalue weighted by atomic mass is 10.00. The third-order valence-corrected chi connectivity index (χ3v) is 5.47. The lowest BCUT2D eigenvalue weighted by molar-refractivity contribution is 0.0965. The summed E-state index contributed by atoms with van der Waals surface area (Å²) in [7, 11) is 0. The van der Waals surface area contributed by atoms with Crippen LogP contribution in [-0.4, -0.2) is 17.5 Å². The molecule has 0 aliphatic carbocycles. The molecule has 1 aromatic carbocycles. The molecule has 0 saturated carbocycles. The number of nitrogens with zero attached hydrogens (tertiary/aromatic N) is 1. The van der Waals surface area contributed by atoms with Crippen LogP contribution in [0, 0.1) is 0 Å². The molecule has 1 amide bonds. The summed E-state index contributed by atoms with van der Waals surface area (Å²) in [6.07, 6.45) is 14.0. The van der Waals surface area contributed by atoms with E-state index in [1.165, 1.54) is 12.3 Å². The van der Waals surface area contributed by atoms with Crippen LogP contribution in [0.15, 0.2) is 102 Å². The first-order valence-electron chi connectivity index (χ1n) is 11.7. The topological polar surface area (TPSA) is 115 Å². The molecule has 0 bridgehead atoms. The highest BCUT2D eigenvalue weighted by Gasteiger charge is 2.22. The van der Waals surface area contributed by atoms with Crippen LogP contribution in [0.5, 0.6) is 0 Å². The summed E-state index contributed by atoms with van der Waals surface area (Å²) in [5.74, 6) is 0.844. The van der Waals surface area contributed by atoms with E-state index in [1.54, 1.807) is 24.5 Å². The first-order chi connectivity index (χ1) is 17.0. The van der Waals surface area contributed by atoms with Gasteiger partial charge in [0.1, 0.15) is 11.6 Å². The number of aromatic nitrogens is 1. The van der Waals surface area contributed by atoms with Crippen LogP contribution < -0.4 is 22.1 Å². The maximum Gasteiger partial charge on any atom is 0.256 e. The van der Waals surface area contributed by atoms with Gasteiger partial charge in [-0.2, -0.15) is 0 Å². The highest BCUT2D eigenvalue weighted by molar-refractivity contribution is 5.95. The number of carbonyl (C=O) groups excluding carboxylic acids is 1. The largest absolute Gasteiger partial charge is 0.492 e. The van der Waals surface area contributed by atoms with Crippen LogP contribution in [0.3, 0.4) is 0 Å². The van der Waals surface area contributed by atoms with E-state index < -0.39 is 0 Å². The Bertz CT molecular complexity index is 1180. The van der Waals surface area contributed by atoms with E-state index in [1.807, 2.05) is 30.3 Å². The van der Waals surface area contributed by atoms with Crippen molar-refractivity contribution in [1.29, 1.82) is 0 Å². The van der Waals surface area contributed by atoms with Gasteiger partial charge in [-0.25, -0.2) is 0 Å². The lowest BCUT2D eigenvalue weighted by Gasteiger charge is -2.14. The fourth-order valence-corrected chi connectivity index (χ4v) is 3.69. The predicted molar refractivity (Wildman–Crippen MR) is 140 cm³/mol. The fourth-order valence-electron chi connectivity index (χ4n) is 3.69. The van der Waals surface area contributed by atoms with Gasteiger partial charge in [0.25, 0.3) is 5.91 Å². The van der Waals surface area contributed by atoms with Crippen molar-refractivity contribution in [1.82, 2.24) is 15.6 Å². The molecule has 6 N–H and O–H groups in total. The smallest absolute Gasteiger partial charge is 0.256 e. The Morgan fingerprint density at radius 3 is 2.74 bits per heavy atom. The Kier molecular flexibility index (Phi) is 9.31. The molecule has 3 rings (SSSR count). The third kappa shape index (κ3) is 7.11. The Balaban J connectivity index is 1.79. The molecular formula is C28H33N5O2. The number of ether oxygens (including phenoxy) is 1. The van der Waals surface area contributed by atoms with Gasteiger partial charge in [0.2, 0.25) is 0 Å². The Labute approximate surface area is 207 Å². The zero-order valence-electron chi connectivity index (χ0n) is 20.3. The number of rotatable bonds is 9. The molecule has 0 atom stereocenters. The Morgan fingerprint density at radius 2 is 2.00 bits per heavy atom. The average Bonchev–Trinajstić information content (AvgIpc) is 3.37. The second kappa shape index (κ2) is 12.8. The summed E-state index contributed by atoms with van der Waals surface area (Å²) >= 11 is 0. The minimum absolute atomic E-state index is 0.225. The van der Waals surface area contributed by atoms with Gasteiger partial charge in [0.05, 0.1) is 6.61 Å². The van der Waals surface area contributed by atoms with Crippen molar-refractivity contribution in [3.05, 3.63) is 119 Å². The van der Waals surface area contributed by atoms with Crippen LogP contribution in [0.1, 0.15) is 48.2 Å². The number of hydrogen-bond acceptors (Lipinski definition) is 6. The van der Waals surface area contributed by atoms with Gasteiger partial charge in [-0.1, -0.05) is 31.2 Å². The molecule has 2 heterocycles. The van der Waals surface area contributed by atoms with E-state index in [0.717, 1.165) is 46.6 Å². The summed E-state index contributed by atoms with van der Waals surface area (Å²) < 4.78 is 6.10. The number of nitrogens with one attached hydrogen (secondary N) is 2. The third-order valence-electron chi connectivity index (χ3n) is 5.47. The molecule has 1 saturated heterocycles. The maximum atomic E-state index is 12.5. The quantitative estimate of drug-likeness (QED) is 0.407. The number of amides is 1. The van der Waals surface area contributed by atoms with Crippen LogP contribution in [0.25, 0.3) is 5.57 Å². The molecule has 182 valence electrons. The van der Waals surface area contributed by atoms with Crippen molar-refractivity contribution in [3.63, 3.8) is 0 Å². The van der Waals surface area contributed by atoms with Crippen molar-refractivity contribution < 1.29 is 9.53 Å². The van der Waals surface area contributed by atoms with Gasteiger partial charge in [-0.3, -0.25) is 9.78 Å². The van der Waals surface area contributed by atoms with Gasteiger partial charge in [0.15, 0.2) is 0 Å². The zero-order valence-corrected chi connectivity index (χ0v) is 20.3. The van der Waals surface area contributed by atoms with Gasteiger partial charge < -0.3 is 26.8 Å². The van der Waals surface area contributed by atoms with E-state index in [2.05, 4.69) is 41.6 Å². The molecule has 1 fully saturated rings. The van der Waals surface area contributed by atoms with Gasteiger partial charge in [0, 0.05) is 47.8 Å². The normalized spacial score (nSPS) is 16.9. The number of pyridine rings is 1. The van der Waals surface area contributed by atoms with E-state index in [0.29, 0.717) is 18.7 Å². The highest BCUT2D eigenvalue weighted by Crippen LogP contribution is 2.34. The van der Waals surface area contributed by atoms with E-state index in [-0.39, 0.29) is 11.7 Å². The molecule has 0 radical (unpaired) electrons. The van der Waals surface area contributed by atoms with Crippen LogP contribution in [0.4, 0.5) is 0 Å². The predicted octanol–water partition coefficient (Wildman–Crippen LogP) is 4.25. The van der Waals surface area contributed by atoms with Crippen molar-refractivity contribution >= 4 is 11.5 Å². The number of benzene rings is 1. The molecule has 35 heavy (non-hydrogen) atoms. The molecule has 1 aromatic heterocycles. The van der Waals surface area contributed by atoms with Gasteiger partial charge >= 0.3 is 0 Å². The molecule has 1 aliphatic heterocycles. The zero-order chi connectivity index (χ0) is 25.0. The number of nitrogens with two attached hydrogens (primary N) is 2. The molecule has 2 aromatic rings. The SMILES string of the molecule is CC/C=C/C(=C1/OCC/C1=C(/C)NCc1cccc(C(=O)N/C(N)=C/C=C\N)c1)c1ccncc1. The van der Waals surface area contributed by atoms with Gasteiger partial charge in [-0.15, -0.1) is 0 Å². The van der Waals surface area contributed by atoms with Crippen LogP contribution in [-0.2, 0) is 11.3 Å². The van der Waals surface area contributed by atoms with E-state index in [4.69, 9.17) is 16.2 Å². The molecule has 0 unspecified atom stereocenters. The second-order valence-electron chi connectivity index (χ2n) is 8.01. The first kappa shape index (κ1) is 25.4. The minimum atomic E-state index is -0.278. The average molecular weight is 472 g/mol. The van der Waals surface area contributed by atoms with Crippen molar-refractivity contribution in [2.24, 2.45) is 11.5 Å². The summed E-state index contributed by atoms with van der Waals surface area (Å²) in [6.45, 7) is 5.38. The van der Waals surface area contributed by atoms with Gasteiger partial charge in [-0.05, 0) is 67.1 Å². The minimum Gasteiger partial charge on any atom is -0.492 e. The van der Waals surface area contributed by atoms with E-state index in [9.17, 15) is 4.79 Å². The number of carbonyl (C=O) groups is 1. The highest BCUT2D eigenvalue weighted by atomic mass is 16.5. The first-order valence-corrected chi connectivity index (χ1v) is 11.7. The van der Waals surface area contributed by atoms with Crippen molar-refractivity contribution in [2.75, 3.05) is 6.61 Å². The van der Waals surface area contributed by atoms with Crippen LogP contribution in [0.2, 0.25) is 0 Å². The summed E-state index contributed by atoms with van der Waals surface area (Å²) in [5.41, 5.74) is 16.9. The fraction of sp³-hybridized carbons (Fsp3) is 0.214.